The second-order valence-electron chi connectivity index (χ2n) is 2.92. The van der Waals surface area contributed by atoms with Crippen LogP contribution in [0.5, 0.6) is 0 Å². The van der Waals surface area contributed by atoms with Crippen LogP contribution in [0, 0.1) is 0 Å². The average Bonchev–Trinajstić information content (AvgIpc) is 2.12. The van der Waals surface area contributed by atoms with Gasteiger partial charge in [-0.2, -0.15) is 0 Å². The van der Waals surface area contributed by atoms with E-state index in [0.29, 0.717) is 0 Å². The third kappa shape index (κ3) is 2.48. The topological polar surface area (TPSA) is 23.6 Å². The zero-order valence-electron chi connectivity index (χ0n) is 8.79. The van der Waals surface area contributed by atoms with E-state index in [9.17, 15) is 4.79 Å². The van der Waals surface area contributed by atoms with Crippen molar-refractivity contribution in [3.63, 3.8) is 0 Å². The molecule has 1 aliphatic rings. The van der Waals surface area contributed by atoms with Crippen molar-refractivity contribution in [1.82, 2.24) is 9.80 Å². The minimum atomic E-state index is 0.0683. The molecular weight excluding hydrogens is 152 g/mol. The van der Waals surface area contributed by atoms with Gasteiger partial charge in [-0.25, -0.2) is 0 Å². The highest BCUT2D eigenvalue weighted by atomic mass is 16.2. The first-order valence-corrected chi connectivity index (χ1v) is 4.58. The molecule has 1 atom stereocenters. The van der Waals surface area contributed by atoms with Gasteiger partial charge in [0.05, 0.1) is 6.04 Å². The molecular formula is C9H20N2O. The van der Waals surface area contributed by atoms with Crippen molar-refractivity contribution >= 4 is 5.91 Å². The lowest BCUT2D eigenvalue weighted by molar-refractivity contribution is -0.138. The standard InChI is InChI=1S/C7H14N2O.C2H6/c1-6-7(10)9(3)5-4-8(6)2;1-2/h6H,4-5H2,1-3H3;1-2H3. The van der Waals surface area contributed by atoms with E-state index in [1.54, 1.807) is 4.90 Å². The van der Waals surface area contributed by atoms with Gasteiger partial charge < -0.3 is 4.90 Å². The van der Waals surface area contributed by atoms with Crippen molar-refractivity contribution < 1.29 is 4.79 Å². The van der Waals surface area contributed by atoms with Crippen LogP contribution >= 0.6 is 0 Å². The van der Waals surface area contributed by atoms with Crippen molar-refractivity contribution in [3.8, 4) is 0 Å². The Morgan fingerprint density at radius 2 is 1.75 bits per heavy atom. The molecule has 1 fully saturated rings. The van der Waals surface area contributed by atoms with Crippen LogP contribution in [0.25, 0.3) is 0 Å². The number of carbonyl (C=O) groups excluding carboxylic acids is 1. The first kappa shape index (κ1) is 11.4. The lowest BCUT2D eigenvalue weighted by atomic mass is 10.2. The van der Waals surface area contributed by atoms with Crippen molar-refractivity contribution in [3.05, 3.63) is 0 Å². The predicted molar refractivity (Wildman–Crippen MR) is 51.1 cm³/mol. The van der Waals surface area contributed by atoms with Crippen molar-refractivity contribution in [1.29, 1.82) is 0 Å². The molecule has 3 heteroatoms. The summed E-state index contributed by atoms with van der Waals surface area (Å²) < 4.78 is 0. The van der Waals surface area contributed by atoms with E-state index in [2.05, 4.69) is 4.90 Å². The largest absolute Gasteiger partial charge is 0.343 e. The van der Waals surface area contributed by atoms with Gasteiger partial charge in [-0.15, -0.1) is 0 Å². The van der Waals surface area contributed by atoms with E-state index in [0.717, 1.165) is 13.1 Å². The van der Waals surface area contributed by atoms with Gasteiger partial charge in [-0.1, -0.05) is 13.8 Å². The summed E-state index contributed by atoms with van der Waals surface area (Å²) in [5.74, 6) is 0.230. The van der Waals surface area contributed by atoms with Crippen LogP contribution in [0.3, 0.4) is 0 Å². The number of rotatable bonds is 0. The van der Waals surface area contributed by atoms with E-state index in [4.69, 9.17) is 0 Å². The van der Waals surface area contributed by atoms with Crippen LogP contribution in [-0.2, 0) is 4.79 Å². The number of nitrogens with zero attached hydrogens (tertiary/aromatic N) is 2. The molecule has 0 radical (unpaired) electrons. The van der Waals surface area contributed by atoms with Gasteiger partial charge in [0.2, 0.25) is 5.91 Å². The number of carbonyl (C=O) groups is 1. The molecule has 1 saturated heterocycles. The zero-order valence-corrected chi connectivity index (χ0v) is 8.79. The Balaban J connectivity index is 0.000000561. The minimum Gasteiger partial charge on any atom is -0.343 e. The summed E-state index contributed by atoms with van der Waals surface area (Å²) >= 11 is 0. The molecule has 1 unspecified atom stereocenters. The SMILES string of the molecule is CC.CC1C(=O)N(C)CCN1C. The normalized spacial score (nSPS) is 24.9. The number of hydrogen-bond donors (Lipinski definition) is 0. The minimum absolute atomic E-state index is 0.0683. The van der Waals surface area contributed by atoms with Crippen LogP contribution in [0.15, 0.2) is 0 Å². The highest BCUT2D eigenvalue weighted by molar-refractivity contribution is 5.81. The Labute approximate surface area is 75.3 Å². The second kappa shape index (κ2) is 5.14. The Morgan fingerprint density at radius 3 is 2.17 bits per heavy atom. The molecule has 0 aliphatic carbocycles. The Kier molecular flexibility index (Phi) is 4.90. The van der Waals surface area contributed by atoms with Gasteiger partial charge in [0.25, 0.3) is 0 Å². The molecule has 1 heterocycles. The smallest absolute Gasteiger partial charge is 0.239 e. The highest BCUT2D eigenvalue weighted by Crippen LogP contribution is 2.05. The zero-order chi connectivity index (χ0) is 9.72. The van der Waals surface area contributed by atoms with E-state index >= 15 is 0 Å². The van der Waals surface area contributed by atoms with Gasteiger partial charge in [0.1, 0.15) is 0 Å². The monoisotopic (exact) mass is 172 g/mol. The first-order chi connectivity index (χ1) is 5.63. The van der Waals surface area contributed by atoms with Crippen molar-refractivity contribution in [2.24, 2.45) is 0 Å². The fraction of sp³-hybridized carbons (Fsp3) is 0.889. The summed E-state index contributed by atoms with van der Waals surface area (Å²) in [5, 5.41) is 0. The highest BCUT2D eigenvalue weighted by Gasteiger charge is 2.25. The molecule has 0 N–H and O–H groups in total. The van der Waals surface area contributed by atoms with Crippen molar-refractivity contribution in [2.45, 2.75) is 26.8 Å². The van der Waals surface area contributed by atoms with Gasteiger partial charge in [-0.3, -0.25) is 9.69 Å². The van der Waals surface area contributed by atoms with Crippen molar-refractivity contribution in [2.75, 3.05) is 27.2 Å². The van der Waals surface area contributed by atoms with Gasteiger partial charge in [0, 0.05) is 20.1 Å². The Hall–Kier alpha value is -0.570. The predicted octanol–water partition coefficient (Wildman–Crippen LogP) is 0.805. The van der Waals surface area contributed by atoms with E-state index in [1.807, 2.05) is 34.9 Å². The third-order valence-electron chi connectivity index (χ3n) is 2.18. The van der Waals surface area contributed by atoms with Crippen LogP contribution in [0.1, 0.15) is 20.8 Å². The molecule has 0 bridgehead atoms. The molecule has 0 aromatic rings. The van der Waals surface area contributed by atoms with Crippen LogP contribution in [0.2, 0.25) is 0 Å². The van der Waals surface area contributed by atoms with Crippen LogP contribution in [-0.4, -0.2) is 48.9 Å². The number of hydrogen-bond acceptors (Lipinski definition) is 2. The number of piperazine rings is 1. The quantitative estimate of drug-likeness (QED) is 0.540. The number of amides is 1. The summed E-state index contributed by atoms with van der Waals surface area (Å²) in [5.41, 5.74) is 0. The fourth-order valence-electron chi connectivity index (χ4n) is 1.12. The molecule has 1 aliphatic heterocycles. The average molecular weight is 172 g/mol. The molecule has 1 rings (SSSR count). The molecule has 12 heavy (non-hydrogen) atoms. The Morgan fingerprint density at radius 1 is 1.25 bits per heavy atom. The Bertz CT molecular complexity index is 147. The lowest BCUT2D eigenvalue weighted by Gasteiger charge is -2.34. The third-order valence-corrected chi connectivity index (χ3v) is 2.18. The maximum atomic E-state index is 11.2. The maximum Gasteiger partial charge on any atom is 0.239 e. The first-order valence-electron chi connectivity index (χ1n) is 4.58. The summed E-state index contributed by atoms with van der Waals surface area (Å²) in [6, 6.07) is 0.0683. The summed E-state index contributed by atoms with van der Waals surface area (Å²) in [6.07, 6.45) is 0. The van der Waals surface area contributed by atoms with E-state index in [1.165, 1.54) is 0 Å². The maximum absolute atomic E-state index is 11.2. The molecule has 1 amide bonds. The summed E-state index contributed by atoms with van der Waals surface area (Å²) in [7, 11) is 3.83. The summed E-state index contributed by atoms with van der Waals surface area (Å²) in [4.78, 5) is 15.1. The van der Waals surface area contributed by atoms with Gasteiger partial charge in [0.15, 0.2) is 0 Å². The molecule has 3 nitrogen and oxygen atoms in total. The molecule has 0 aromatic heterocycles. The van der Waals surface area contributed by atoms with Gasteiger partial charge in [-0.05, 0) is 14.0 Å². The van der Waals surface area contributed by atoms with E-state index < -0.39 is 0 Å². The molecule has 0 spiro atoms. The molecule has 0 saturated carbocycles. The van der Waals surface area contributed by atoms with E-state index in [-0.39, 0.29) is 11.9 Å². The fourth-order valence-corrected chi connectivity index (χ4v) is 1.12. The van der Waals surface area contributed by atoms with Crippen LogP contribution in [0.4, 0.5) is 0 Å². The second-order valence-corrected chi connectivity index (χ2v) is 2.92. The molecule has 72 valence electrons. The van der Waals surface area contributed by atoms with Crippen LogP contribution < -0.4 is 0 Å². The lowest BCUT2D eigenvalue weighted by Crippen LogP contribution is -2.52. The summed E-state index contributed by atoms with van der Waals surface area (Å²) in [6.45, 7) is 7.79. The molecule has 0 aromatic carbocycles. The number of likely N-dealkylation sites (N-methyl/N-ethyl adjacent to an activating group) is 2. The van der Waals surface area contributed by atoms with Gasteiger partial charge >= 0.3 is 0 Å².